The van der Waals surface area contributed by atoms with E-state index in [4.69, 9.17) is 32.9 Å². The van der Waals surface area contributed by atoms with Gasteiger partial charge < -0.3 is 9.30 Å². The standard InChI is InChI=1S/C30H28Cl2FN3O2/c1-16(2)35-29-24(34-30(35)23-14-21(33)9-11-26(23)38-5)15-27(37)36(25-13-20(32)7-6-17(25)3)28(29)22-10-8-19(31)12-18(22)4/h6-14,16,28H,15H2,1-5H3. The van der Waals surface area contributed by atoms with Crippen LogP contribution in [0.2, 0.25) is 10.0 Å². The first kappa shape index (κ1) is 26.3. The fourth-order valence-electron chi connectivity index (χ4n) is 5.32. The van der Waals surface area contributed by atoms with Crippen molar-refractivity contribution in [2.45, 2.75) is 46.2 Å². The van der Waals surface area contributed by atoms with E-state index in [1.807, 2.05) is 55.1 Å². The molecule has 5 nitrogen and oxygen atoms in total. The molecule has 0 fully saturated rings. The zero-order valence-electron chi connectivity index (χ0n) is 21.8. The third-order valence-corrected chi connectivity index (χ3v) is 7.47. The Kier molecular flexibility index (Phi) is 6.97. The molecule has 4 aromatic rings. The van der Waals surface area contributed by atoms with Gasteiger partial charge in [0.2, 0.25) is 5.91 Å². The highest BCUT2D eigenvalue weighted by atomic mass is 35.5. The lowest BCUT2D eigenvalue weighted by Crippen LogP contribution is -2.42. The molecule has 0 saturated carbocycles. The second kappa shape index (κ2) is 10.1. The van der Waals surface area contributed by atoms with Gasteiger partial charge in [-0.2, -0.15) is 0 Å². The van der Waals surface area contributed by atoms with Crippen LogP contribution in [-0.4, -0.2) is 22.6 Å². The molecule has 0 radical (unpaired) electrons. The Balaban J connectivity index is 1.86. The lowest BCUT2D eigenvalue weighted by Gasteiger charge is -2.38. The number of carbonyl (C=O) groups is 1. The highest BCUT2D eigenvalue weighted by Gasteiger charge is 2.41. The number of aryl methyl sites for hydroxylation is 2. The number of carbonyl (C=O) groups excluding carboxylic acids is 1. The van der Waals surface area contributed by atoms with Gasteiger partial charge in [0, 0.05) is 21.8 Å². The zero-order valence-corrected chi connectivity index (χ0v) is 23.4. The van der Waals surface area contributed by atoms with Crippen LogP contribution in [0.5, 0.6) is 5.75 Å². The summed E-state index contributed by atoms with van der Waals surface area (Å²) in [5.41, 5.74) is 5.56. The fraction of sp³-hybridized carbons (Fsp3) is 0.267. The summed E-state index contributed by atoms with van der Waals surface area (Å²) < 4.78 is 22.1. The maximum Gasteiger partial charge on any atom is 0.233 e. The van der Waals surface area contributed by atoms with Crippen molar-refractivity contribution in [1.82, 2.24) is 9.55 Å². The molecule has 1 aromatic heterocycles. The van der Waals surface area contributed by atoms with Crippen LogP contribution in [0.4, 0.5) is 10.1 Å². The molecule has 3 aromatic carbocycles. The number of aromatic nitrogens is 2. The van der Waals surface area contributed by atoms with Gasteiger partial charge in [0.05, 0.1) is 30.5 Å². The number of ether oxygens (including phenoxy) is 1. The number of nitrogens with zero attached hydrogens (tertiary/aromatic N) is 3. The van der Waals surface area contributed by atoms with Crippen LogP contribution in [0.1, 0.15) is 54.0 Å². The summed E-state index contributed by atoms with van der Waals surface area (Å²) in [4.78, 5) is 20.7. The number of anilines is 1. The number of halogens is 3. The molecule has 0 spiro atoms. The molecule has 1 atom stereocenters. The predicted octanol–water partition coefficient (Wildman–Crippen LogP) is 7.88. The average Bonchev–Trinajstić information content (AvgIpc) is 3.24. The van der Waals surface area contributed by atoms with Gasteiger partial charge in [0.25, 0.3) is 0 Å². The average molecular weight is 552 g/mol. The van der Waals surface area contributed by atoms with Gasteiger partial charge in [0.1, 0.15) is 23.4 Å². The van der Waals surface area contributed by atoms with Gasteiger partial charge in [-0.05, 0) is 86.8 Å². The summed E-state index contributed by atoms with van der Waals surface area (Å²) in [7, 11) is 1.55. The first-order chi connectivity index (χ1) is 18.1. The van der Waals surface area contributed by atoms with Crippen LogP contribution in [0.15, 0.2) is 54.6 Å². The maximum absolute atomic E-state index is 14.5. The van der Waals surface area contributed by atoms with Crippen LogP contribution in [0.25, 0.3) is 11.4 Å². The third kappa shape index (κ3) is 4.46. The SMILES string of the molecule is COc1ccc(F)cc1-c1nc2c(n1C(C)C)C(c1ccc(Cl)cc1C)N(c1cc(Cl)ccc1C)C(=O)C2. The highest BCUT2D eigenvalue weighted by Crippen LogP contribution is 2.45. The lowest BCUT2D eigenvalue weighted by atomic mass is 9.90. The van der Waals surface area contributed by atoms with Crippen molar-refractivity contribution in [2.24, 2.45) is 0 Å². The summed E-state index contributed by atoms with van der Waals surface area (Å²) in [6.07, 6.45) is 0.0920. The highest BCUT2D eigenvalue weighted by molar-refractivity contribution is 6.31. The number of imidazole rings is 1. The third-order valence-electron chi connectivity index (χ3n) is 7.00. The molecule has 0 N–H and O–H groups in total. The number of benzene rings is 3. The van der Waals surface area contributed by atoms with Crippen molar-refractivity contribution in [2.75, 3.05) is 12.0 Å². The minimum atomic E-state index is -0.510. The predicted molar refractivity (Wildman–Crippen MR) is 150 cm³/mol. The number of methoxy groups -OCH3 is 1. The van der Waals surface area contributed by atoms with Crippen molar-refractivity contribution in [1.29, 1.82) is 0 Å². The monoisotopic (exact) mass is 551 g/mol. The van der Waals surface area contributed by atoms with Crippen LogP contribution in [0, 0.1) is 19.7 Å². The minimum absolute atomic E-state index is 0.0557. The molecule has 1 aliphatic rings. The second-order valence-electron chi connectivity index (χ2n) is 9.85. The van der Waals surface area contributed by atoms with E-state index in [0.717, 1.165) is 28.1 Å². The molecule has 2 heterocycles. The van der Waals surface area contributed by atoms with E-state index in [1.165, 1.54) is 12.1 Å². The van der Waals surface area contributed by atoms with Crippen molar-refractivity contribution in [3.8, 4) is 17.1 Å². The number of hydrogen-bond donors (Lipinski definition) is 0. The van der Waals surface area contributed by atoms with Gasteiger partial charge in [-0.15, -0.1) is 0 Å². The Morgan fingerprint density at radius 2 is 1.71 bits per heavy atom. The molecule has 5 rings (SSSR count). The van der Waals surface area contributed by atoms with E-state index in [0.29, 0.717) is 32.9 Å². The van der Waals surface area contributed by atoms with Crippen LogP contribution in [-0.2, 0) is 11.2 Å². The van der Waals surface area contributed by atoms with E-state index >= 15 is 0 Å². The summed E-state index contributed by atoms with van der Waals surface area (Å²) in [6.45, 7) is 8.04. The maximum atomic E-state index is 14.5. The van der Waals surface area contributed by atoms with Gasteiger partial charge in [-0.25, -0.2) is 9.37 Å². The van der Waals surface area contributed by atoms with E-state index in [9.17, 15) is 9.18 Å². The molecular weight excluding hydrogens is 524 g/mol. The van der Waals surface area contributed by atoms with Crippen LogP contribution in [0.3, 0.4) is 0 Å². The minimum Gasteiger partial charge on any atom is -0.496 e. The molecule has 1 aliphatic heterocycles. The first-order valence-electron chi connectivity index (χ1n) is 12.4. The van der Waals surface area contributed by atoms with Crippen molar-refractivity contribution in [3.05, 3.63) is 98.5 Å². The van der Waals surface area contributed by atoms with Crippen LogP contribution >= 0.6 is 23.2 Å². The molecule has 8 heteroatoms. The van der Waals surface area contributed by atoms with Crippen molar-refractivity contribution >= 4 is 34.8 Å². The van der Waals surface area contributed by atoms with Crippen LogP contribution < -0.4 is 9.64 Å². The Bertz CT molecular complexity index is 1560. The Labute approximate surface area is 231 Å². The molecular formula is C30H28Cl2FN3O2. The second-order valence-corrected chi connectivity index (χ2v) is 10.7. The Morgan fingerprint density at radius 1 is 1.00 bits per heavy atom. The van der Waals surface area contributed by atoms with E-state index in [-0.39, 0.29) is 18.4 Å². The molecule has 1 unspecified atom stereocenters. The largest absolute Gasteiger partial charge is 0.496 e. The van der Waals surface area contributed by atoms with Crippen molar-refractivity contribution in [3.63, 3.8) is 0 Å². The summed E-state index contributed by atoms with van der Waals surface area (Å²) >= 11 is 12.8. The number of hydrogen-bond acceptors (Lipinski definition) is 3. The topological polar surface area (TPSA) is 47.4 Å². The zero-order chi connectivity index (χ0) is 27.3. The Hall–Kier alpha value is -3.35. The molecule has 0 aliphatic carbocycles. The van der Waals surface area contributed by atoms with E-state index < -0.39 is 11.9 Å². The fourth-order valence-corrected chi connectivity index (χ4v) is 5.71. The normalized spacial score (nSPS) is 15.2. The number of amides is 1. The molecule has 38 heavy (non-hydrogen) atoms. The number of fused-ring (bicyclic) bond motifs is 1. The molecule has 1 amide bonds. The summed E-state index contributed by atoms with van der Waals surface area (Å²) in [5, 5.41) is 1.15. The lowest BCUT2D eigenvalue weighted by molar-refractivity contribution is -0.118. The summed E-state index contributed by atoms with van der Waals surface area (Å²) in [6, 6.07) is 15.0. The van der Waals surface area contributed by atoms with Gasteiger partial charge in [-0.1, -0.05) is 35.3 Å². The molecule has 196 valence electrons. The quantitative estimate of drug-likeness (QED) is 0.253. The molecule has 0 bridgehead atoms. The van der Waals surface area contributed by atoms with Gasteiger partial charge in [0.15, 0.2) is 0 Å². The molecule has 0 saturated heterocycles. The Morgan fingerprint density at radius 3 is 2.39 bits per heavy atom. The summed E-state index contributed by atoms with van der Waals surface area (Å²) in [5.74, 6) is 0.557. The number of rotatable bonds is 5. The van der Waals surface area contributed by atoms with E-state index in [1.54, 1.807) is 13.2 Å². The van der Waals surface area contributed by atoms with Crippen molar-refractivity contribution < 1.29 is 13.9 Å². The van der Waals surface area contributed by atoms with Gasteiger partial charge >= 0.3 is 0 Å². The first-order valence-corrected chi connectivity index (χ1v) is 13.2. The smallest absolute Gasteiger partial charge is 0.233 e. The van der Waals surface area contributed by atoms with Gasteiger partial charge in [-0.3, -0.25) is 9.69 Å². The van der Waals surface area contributed by atoms with E-state index in [2.05, 4.69) is 18.4 Å².